The molecule has 178 valence electrons. The number of thiazole rings is 1. The van der Waals surface area contributed by atoms with E-state index in [9.17, 15) is 4.79 Å². The van der Waals surface area contributed by atoms with Gasteiger partial charge in [-0.1, -0.05) is 35.6 Å². The van der Waals surface area contributed by atoms with E-state index in [0.29, 0.717) is 17.2 Å². The molecule has 0 bridgehead atoms. The maximum absolute atomic E-state index is 14.2. The van der Waals surface area contributed by atoms with Crippen LogP contribution >= 0.6 is 22.7 Å². The van der Waals surface area contributed by atoms with Crippen molar-refractivity contribution < 1.29 is 9.53 Å². The minimum Gasteiger partial charge on any atom is -0.497 e. The predicted octanol–water partition coefficient (Wildman–Crippen LogP) is 6.18. The van der Waals surface area contributed by atoms with E-state index in [-0.39, 0.29) is 5.91 Å². The summed E-state index contributed by atoms with van der Waals surface area (Å²) in [7, 11) is 5.74. The maximum Gasteiger partial charge on any atom is 0.260 e. The molecule has 0 atom stereocenters. The van der Waals surface area contributed by atoms with Crippen LogP contribution in [0.25, 0.3) is 31.7 Å². The number of benzene rings is 2. The predicted molar refractivity (Wildman–Crippen MR) is 146 cm³/mol. The summed E-state index contributed by atoms with van der Waals surface area (Å²) in [5.74, 6) is 0.713. The van der Waals surface area contributed by atoms with Gasteiger partial charge in [-0.25, -0.2) is 9.97 Å². The number of methoxy groups -OCH3 is 1. The summed E-state index contributed by atoms with van der Waals surface area (Å²) in [5, 5.41) is 3.56. The number of pyridine rings is 1. The Labute approximate surface area is 212 Å². The molecule has 5 rings (SSSR count). The summed E-state index contributed by atoms with van der Waals surface area (Å²) in [6, 6.07) is 19.6. The van der Waals surface area contributed by atoms with Gasteiger partial charge in [-0.2, -0.15) is 0 Å². The fourth-order valence-corrected chi connectivity index (χ4v) is 5.72. The fraction of sp³-hybridized carbons (Fsp3) is 0.222. The Morgan fingerprint density at radius 2 is 1.83 bits per heavy atom. The second kappa shape index (κ2) is 10.1. The minimum atomic E-state index is -0.0637. The van der Waals surface area contributed by atoms with Crippen molar-refractivity contribution in [2.75, 3.05) is 39.2 Å². The molecule has 5 aromatic rings. The normalized spacial score (nSPS) is 11.4. The molecular formula is C27H26N4O2S2. The molecule has 2 aromatic carbocycles. The van der Waals surface area contributed by atoms with Gasteiger partial charge < -0.3 is 9.64 Å². The average molecular weight is 503 g/mol. The molecule has 0 fully saturated rings. The highest BCUT2D eigenvalue weighted by Crippen LogP contribution is 2.34. The number of carbonyl (C=O) groups is 1. The molecule has 0 aliphatic carbocycles. The highest BCUT2D eigenvalue weighted by atomic mass is 32.1. The zero-order valence-corrected chi connectivity index (χ0v) is 21.5. The standard InChI is InChI=1S/C27H26N4O2S2/c1-30(2)13-7-14-31(27-29-22-12-11-18(33-3)16-25(22)35-27)26(32)20-17-23(24-10-6-15-34-24)28-21-9-5-4-8-19(20)21/h4-6,8-12,15-17H,7,13-14H2,1-3H3. The zero-order valence-electron chi connectivity index (χ0n) is 19.9. The first kappa shape index (κ1) is 23.4. The Hall–Kier alpha value is -3.33. The van der Waals surface area contributed by atoms with Crippen LogP contribution in [-0.2, 0) is 0 Å². The van der Waals surface area contributed by atoms with Gasteiger partial charge in [0.15, 0.2) is 5.13 Å². The molecule has 0 unspecified atom stereocenters. The topological polar surface area (TPSA) is 58.6 Å². The van der Waals surface area contributed by atoms with Crippen LogP contribution in [0.2, 0.25) is 0 Å². The van der Waals surface area contributed by atoms with Gasteiger partial charge >= 0.3 is 0 Å². The van der Waals surface area contributed by atoms with E-state index in [1.807, 2.05) is 85.0 Å². The average Bonchev–Trinajstić information content (AvgIpc) is 3.55. The number of para-hydroxylation sites is 1. The van der Waals surface area contributed by atoms with Crippen LogP contribution in [0.1, 0.15) is 16.8 Å². The number of anilines is 1. The van der Waals surface area contributed by atoms with Gasteiger partial charge in [-0.3, -0.25) is 9.69 Å². The molecule has 0 saturated carbocycles. The number of ether oxygens (including phenoxy) is 1. The lowest BCUT2D eigenvalue weighted by molar-refractivity contribution is 0.0987. The summed E-state index contributed by atoms with van der Waals surface area (Å²) < 4.78 is 6.37. The fourth-order valence-electron chi connectivity index (χ4n) is 4.01. The van der Waals surface area contributed by atoms with E-state index in [4.69, 9.17) is 14.7 Å². The Balaban J connectivity index is 1.61. The van der Waals surface area contributed by atoms with Crippen LogP contribution < -0.4 is 9.64 Å². The third kappa shape index (κ3) is 4.91. The zero-order chi connectivity index (χ0) is 24.4. The van der Waals surface area contributed by atoms with Gasteiger partial charge in [-0.05, 0) is 68.8 Å². The largest absolute Gasteiger partial charge is 0.497 e. The number of carbonyl (C=O) groups excluding carboxylic acids is 1. The number of hydrogen-bond donors (Lipinski definition) is 0. The van der Waals surface area contributed by atoms with E-state index >= 15 is 0 Å². The molecule has 6 nitrogen and oxygen atoms in total. The molecule has 35 heavy (non-hydrogen) atoms. The number of rotatable bonds is 8. The van der Waals surface area contributed by atoms with Crippen LogP contribution in [0.4, 0.5) is 5.13 Å². The first-order valence-electron chi connectivity index (χ1n) is 11.4. The summed E-state index contributed by atoms with van der Waals surface area (Å²) in [5.41, 5.74) is 3.11. The van der Waals surface area contributed by atoms with Gasteiger partial charge in [0.1, 0.15) is 5.75 Å². The van der Waals surface area contributed by atoms with Crippen molar-refractivity contribution >= 4 is 54.8 Å². The summed E-state index contributed by atoms with van der Waals surface area (Å²) >= 11 is 3.13. The SMILES string of the molecule is COc1ccc2nc(N(CCCN(C)C)C(=O)c3cc(-c4cccs4)nc4ccccc34)sc2c1. The number of hydrogen-bond acceptors (Lipinski definition) is 7. The second-order valence-electron chi connectivity index (χ2n) is 8.49. The van der Waals surface area contributed by atoms with Crippen molar-refractivity contribution in [2.45, 2.75) is 6.42 Å². The summed E-state index contributed by atoms with van der Waals surface area (Å²) in [6.07, 6.45) is 0.832. The number of amides is 1. The van der Waals surface area contributed by atoms with Gasteiger partial charge in [0.25, 0.3) is 5.91 Å². The molecule has 3 heterocycles. The third-order valence-electron chi connectivity index (χ3n) is 5.77. The van der Waals surface area contributed by atoms with Crippen molar-refractivity contribution in [2.24, 2.45) is 0 Å². The van der Waals surface area contributed by atoms with Crippen molar-refractivity contribution in [3.05, 3.63) is 71.6 Å². The Kier molecular flexibility index (Phi) is 6.77. The van der Waals surface area contributed by atoms with Crippen LogP contribution in [0.15, 0.2) is 66.0 Å². The highest BCUT2D eigenvalue weighted by molar-refractivity contribution is 7.22. The van der Waals surface area contributed by atoms with Crippen molar-refractivity contribution in [3.8, 4) is 16.3 Å². The number of nitrogens with zero attached hydrogens (tertiary/aromatic N) is 4. The quantitative estimate of drug-likeness (QED) is 0.254. The summed E-state index contributed by atoms with van der Waals surface area (Å²) in [6.45, 7) is 1.44. The number of fused-ring (bicyclic) bond motifs is 2. The van der Waals surface area contributed by atoms with Gasteiger partial charge in [0.2, 0.25) is 0 Å². The third-order valence-corrected chi connectivity index (χ3v) is 7.70. The monoisotopic (exact) mass is 502 g/mol. The number of aromatic nitrogens is 2. The van der Waals surface area contributed by atoms with Crippen LogP contribution in [0.3, 0.4) is 0 Å². The van der Waals surface area contributed by atoms with Crippen LogP contribution in [0, 0.1) is 0 Å². The highest BCUT2D eigenvalue weighted by Gasteiger charge is 2.24. The molecule has 0 spiro atoms. The molecule has 0 radical (unpaired) electrons. The van der Waals surface area contributed by atoms with Gasteiger partial charge in [-0.15, -0.1) is 11.3 Å². The second-order valence-corrected chi connectivity index (χ2v) is 10.5. The lowest BCUT2D eigenvalue weighted by atomic mass is 10.1. The van der Waals surface area contributed by atoms with Crippen LogP contribution in [0.5, 0.6) is 5.75 Å². The van der Waals surface area contributed by atoms with E-state index < -0.39 is 0 Å². The Morgan fingerprint density at radius 3 is 2.60 bits per heavy atom. The van der Waals surface area contributed by atoms with Crippen molar-refractivity contribution in [1.29, 1.82) is 0 Å². The molecular weight excluding hydrogens is 476 g/mol. The minimum absolute atomic E-state index is 0.0637. The first-order chi connectivity index (χ1) is 17.0. The van der Waals surface area contributed by atoms with E-state index in [1.54, 1.807) is 18.4 Å². The van der Waals surface area contributed by atoms with E-state index in [1.165, 1.54) is 11.3 Å². The maximum atomic E-state index is 14.2. The molecule has 0 aliphatic rings. The van der Waals surface area contributed by atoms with Gasteiger partial charge in [0, 0.05) is 11.9 Å². The molecule has 1 amide bonds. The van der Waals surface area contributed by atoms with Gasteiger partial charge in [0.05, 0.1) is 39.0 Å². The number of thiophene rings is 1. The molecule has 0 saturated heterocycles. The van der Waals surface area contributed by atoms with E-state index in [2.05, 4.69) is 4.90 Å². The Bertz CT molecular complexity index is 1480. The van der Waals surface area contributed by atoms with E-state index in [0.717, 1.165) is 50.4 Å². The lowest BCUT2D eigenvalue weighted by Crippen LogP contribution is -2.33. The van der Waals surface area contributed by atoms with Crippen molar-refractivity contribution in [1.82, 2.24) is 14.9 Å². The molecule has 0 N–H and O–H groups in total. The molecule has 0 aliphatic heterocycles. The van der Waals surface area contributed by atoms with Crippen LogP contribution in [-0.4, -0.2) is 55.1 Å². The van der Waals surface area contributed by atoms with Crippen molar-refractivity contribution in [3.63, 3.8) is 0 Å². The lowest BCUT2D eigenvalue weighted by Gasteiger charge is -2.22. The first-order valence-corrected chi connectivity index (χ1v) is 13.1. The molecule has 3 aromatic heterocycles. The molecule has 8 heteroatoms. The Morgan fingerprint density at radius 1 is 0.971 bits per heavy atom. The summed E-state index contributed by atoms with van der Waals surface area (Å²) in [4.78, 5) is 28.8. The smallest absolute Gasteiger partial charge is 0.260 e.